The molecule has 0 amide bonds. The van der Waals surface area contributed by atoms with Gasteiger partial charge in [-0.05, 0) is 36.4 Å². The van der Waals surface area contributed by atoms with Crippen LogP contribution in [0, 0.1) is 11.3 Å². The topological polar surface area (TPSA) is 126 Å². The molecule has 124 valence electrons. The number of anilines is 2. The standard InChI is InChI=1S/C16H13N6O2S/c17-10-12-11-19-16(21-15(12)22-8-2-1-3-9-22)20-13-4-6-14(7-5-13)25(18,23)24/h1-9,11H,(H2,18,23,24)(H,19,20,21)/q+1. The SMILES string of the molecule is N#Cc1cnc(Nc2ccc(S(N)(=O)=O)cc2)nc1-[n+]1ccccc1. The van der Waals surface area contributed by atoms with Crippen molar-refractivity contribution in [2.45, 2.75) is 4.90 Å². The predicted molar refractivity (Wildman–Crippen MR) is 89.4 cm³/mol. The third kappa shape index (κ3) is 3.77. The van der Waals surface area contributed by atoms with E-state index >= 15 is 0 Å². The van der Waals surface area contributed by atoms with Crippen LogP contribution < -0.4 is 15.0 Å². The Morgan fingerprint density at radius 2 is 1.80 bits per heavy atom. The summed E-state index contributed by atoms with van der Waals surface area (Å²) in [6.07, 6.45) is 4.96. The van der Waals surface area contributed by atoms with E-state index in [1.807, 2.05) is 18.2 Å². The highest BCUT2D eigenvalue weighted by Gasteiger charge is 2.18. The van der Waals surface area contributed by atoms with Gasteiger partial charge in [-0.1, -0.05) is 6.07 Å². The largest absolute Gasteiger partial charge is 0.351 e. The second kappa shape index (κ2) is 6.64. The van der Waals surface area contributed by atoms with Gasteiger partial charge >= 0.3 is 11.8 Å². The number of nitriles is 1. The monoisotopic (exact) mass is 353 g/mol. The molecule has 0 aliphatic heterocycles. The number of hydrogen-bond donors (Lipinski definition) is 2. The van der Waals surface area contributed by atoms with Crippen molar-refractivity contribution in [3.8, 4) is 11.9 Å². The fraction of sp³-hybridized carbons (Fsp3) is 0. The summed E-state index contributed by atoms with van der Waals surface area (Å²) in [6.45, 7) is 0. The van der Waals surface area contributed by atoms with Crippen molar-refractivity contribution in [1.82, 2.24) is 9.97 Å². The van der Waals surface area contributed by atoms with Crippen LogP contribution in [0.3, 0.4) is 0 Å². The van der Waals surface area contributed by atoms with Crippen molar-refractivity contribution in [2.24, 2.45) is 5.14 Å². The molecule has 1 aromatic carbocycles. The molecule has 0 aliphatic carbocycles. The van der Waals surface area contributed by atoms with E-state index in [1.54, 1.807) is 29.1 Å². The van der Waals surface area contributed by atoms with E-state index in [-0.39, 0.29) is 10.8 Å². The Hall–Kier alpha value is -3.35. The third-order valence-corrected chi connectivity index (χ3v) is 4.22. The quantitative estimate of drug-likeness (QED) is 0.674. The average molecular weight is 353 g/mol. The smallest absolute Gasteiger partial charge is 0.303 e. The molecular formula is C16H13N6O2S+. The van der Waals surface area contributed by atoms with Crippen LogP contribution in [0.25, 0.3) is 5.82 Å². The van der Waals surface area contributed by atoms with Gasteiger partial charge in [0.1, 0.15) is 6.07 Å². The Labute approximate surface area is 144 Å². The molecule has 0 spiro atoms. The van der Waals surface area contributed by atoms with Gasteiger partial charge in [-0.15, -0.1) is 0 Å². The number of pyridine rings is 1. The second-order valence-corrected chi connectivity index (χ2v) is 6.58. The van der Waals surface area contributed by atoms with Crippen molar-refractivity contribution < 1.29 is 13.0 Å². The Balaban J connectivity index is 1.93. The van der Waals surface area contributed by atoms with Crippen molar-refractivity contribution in [2.75, 3.05) is 5.32 Å². The zero-order valence-corrected chi connectivity index (χ0v) is 13.7. The summed E-state index contributed by atoms with van der Waals surface area (Å²) >= 11 is 0. The first-order valence-corrected chi connectivity index (χ1v) is 8.66. The minimum absolute atomic E-state index is 0.0133. The predicted octanol–water partition coefficient (Wildman–Crippen LogP) is 1.02. The fourth-order valence-electron chi connectivity index (χ4n) is 2.11. The molecule has 3 N–H and O–H groups in total. The third-order valence-electron chi connectivity index (χ3n) is 3.29. The normalized spacial score (nSPS) is 10.9. The van der Waals surface area contributed by atoms with E-state index in [0.29, 0.717) is 17.1 Å². The fourth-order valence-corrected chi connectivity index (χ4v) is 2.62. The van der Waals surface area contributed by atoms with Crippen LogP contribution in [-0.4, -0.2) is 18.4 Å². The van der Waals surface area contributed by atoms with Gasteiger partial charge in [0.25, 0.3) is 0 Å². The number of nitrogens with two attached hydrogens (primary N) is 1. The number of hydrogen-bond acceptors (Lipinski definition) is 6. The molecule has 0 aliphatic rings. The van der Waals surface area contributed by atoms with Crippen molar-refractivity contribution in [1.29, 1.82) is 5.26 Å². The van der Waals surface area contributed by atoms with Crippen LogP contribution in [0.4, 0.5) is 11.6 Å². The molecular weight excluding hydrogens is 340 g/mol. The van der Waals surface area contributed by atoms with Crippen molar-refractivity contribution in [3.63, 3.8) is 0 Å². The maximum Gasteiger partial charge on any atom is 0.351 e. The Morgan fingerprint density at radius 3 is 2.40 bits per heavy atom. The number of primary sulfonamides is 1. The van der Waals surface area contributed by atoms with Crippen LogP contribution in [-0.2, 0) is 10.0 Å². The van der Waals surface area contributed by atoms with E-state index in [4.69, 9.17) is 5.14 Å². The number of sulfonamides is 1. The van der Waals surface area contributed by atoms with Crippen molar-refractivity contribution >= 4 is 21.7 Å². The Bertz CT molecular complexity index is 1040. The summed E-state index contributed by atoms with van der Waals surface area (Å²) in [5, 5.41) is 17.3. The number of aromatic nitrogens is 3. The second-order valence-electron chi connectivity index (χ2n) is 5.02. The summed E-state index contributed by atoms with van der Waals surface area (Å²) in [6, 6.07) is 13.4. The molecule has 3 rings (SSSR count). The maximum absolute atomic E-state index is 11.3. The van der Waals surface area contributed by atoms with E-state index in [9.17, 15) is 13.7 Å². The molecule has 0 radical (unpaired) electrons. The highest BCUT2D eigenvalue weighted by atomic mass is 32.2. The first kappa shape index (κ1) is 16.5. The molecule has 25 heavy (non-hydrogen) atoms. The zero-order chi connectivity index (χ0) is 17.9. The molecule has 0 fully saturated rings. The molecule has 0 unspecified atom stereocenters. The maximum atomic E-state index is 11.3. The van der Waals surface area contributed by atoms with Crippen LogP contribution in [0.1, 0.15) is 5.56 Å². The number of benzene rings is 1. The lowest BCUT2D eigenvalue weighted by molar-refractivity contribution is -0.599. The van der Waals surface area contributed by atoms with E-state index < -0.39 is 10.0 Å². The molecule has 2 heterocycles. The van der Waals surface area contributed by atoms with E-state index in [0.717, 1.165) is 0 Å². The van der Waals surface area contributed by atoms with Crippen molar-refractivity contribution in [3.05, 3.63) is 66.6 Å². The summed E-state index contributed by atoms with van der Waals surface area (Å²) in [5.74, 6) is 0.704. The van der Waals surface area contributed by atoms with E-state index in [2.05, 4.69) is 21.4 Å². The van der Waals surface area contributed by atoms with Gasteiger partial charge in [-0.2, -0.15) is 10.2 Å². The molecule has 0 atom stereocenters. The minimum atomic E-state index is -3.74. The Kier molecular flexibility index (Phi) is 4.38. The average Bonchev–Trinajstić information content (AvgIpc) is 2.62. The van der Waals surface area contributed by atoms with Gasteiger partial charge < -0.3 is 5.32 Å². The van der Waals surface area contributed by atoms with Gasteiger partial charge in [0, 0.05) is 10.7 Å². The minimum Gasteiger partial charge on any atom is -0.303 e. The van der Waals surface area contributed by atoms with Gasteiger partial charge in [-0.3, -0.25) is 0 Å². The highest BCUT2D eigenvalue weighted by molar-refractivity contribution is 7.89. The lowest BCUT2D eigenvalue weighted by atomic mass is 10.3. The summed E-state index contributed by atoms with van der Waals surface area (Å²) in [7, 11) is -3.74. The number of rotatable bonds is 4. The van der Waals surface area contributed by atoms with Gasteiger partial charge in [0.2, 0.25) is 10.0 Å². The van der Waals surface area contributed by atoms with Gasteiger partial charge in [0.05, 0.1) is 23.5 Å². The number of nitrogens with zero attached hydrogens (tertiary/aromatic N) is 4. The lowest BCUT2D eigenvalue weighted by Gasteiger charge is -2.04. The zero-order valence-electron chi connectivity index (χ0n) is 12.9. The molecule has 0 bridgehead atoms. The van der Waals surface area contributed by atoms with Gasteiger partial charge in [-0.25, -0.2) is 18.1 Å². The van der Waals surface area contributed by atoms with Crippen LogP contribution in [0.15, 0.2) is 66.0 Å². The number of nitrogens with one attached hydrogen (secondary N) is 1. The van der Waals surface area contributed by atoms with Gasteiger partial charge in [0.15, 0.2) is 5.56 Å². The first-order chi connectivity index (χ1) is 12.0. The highest BCUT2D eigenvalue weighted by Crippen LogP contribution is 2.17. The molecule has 2 aromatic heterocycles. The molecule has 8 nitrogen and oxygen atoms in total. The summed E-state index contributed by atoms with van der Waals surface area (Å²) < 4.78 is 24.3. The molecule has 0 saturated carbocycles. The molecule has 9 heteroatoms. The summed E-state index contributed by atoms with van der Waals surface area (Å²) in [5.41, 5.74) is 0.910. The molecule has 3 aromatic rings. The van der Waals surface area contributed by atoms with E-state index in [1.165, 1.54) is 18.3 Å². The van der Waals surface area contributed by atoms with Crippen LogP contribution in [0.2, 0.25) is 0 Å². The lowest BCUT2D eigenvalue weighted by Crippen LogP contribution is -2.32. The molecule has 0 saturated heterocycles. The van der Waals surface area contributed by atoms with Crippen LogP contribution in [0.5, 0.6) is 0 Å². The summed E-state index contributed by atoms with van der Waals surface area (Å²) in [4.78, 5) is 8.47. The Morgan fingerprint density at radius 1 is 1.12 bits per heavy atom. The van der Waals surface area contributed by atoms with Crippen LogP contribution >= 0.6 is 0 Å². The first-order valence-electron chi connectivity index (χ1n) is 7.11.